The Hall–Kier alpha value is -2.82. The molecule has 0 aliphatic heterocycles. The van der Waals surface area contributed by atoms with Crippen molar-refractivity contribution < 1.29 is 9.21 Å². The predicted octanol–water partition coefficient (Wildman–Crippen LogP) is 5.26. The Labute approximate surface area is 152 Å². The van der Waals surface area contributed by atoms with Gasteiger partial charge in [-0.3, -0.25) is 0 Å². The maximum Gasteiger partial charge on any atom is 0.319 e. The Morgan fingerprint density at radius 1 is 1.12 bits per heavy atom. The third-order valence-corrected chi connectivity index (χ3v) is 4.96. The minimum Gasteiger partial charge on any atom is -0.436 e. The van der Waals surface area contributed by atoms with Crippen LogP contribution in [0.4, 0.5) is 10.5 Å². The van der Waals surface area contributed by atoms with E-state index in [9.17, 15) is 4.79 Å². The highest BCUT2D eigenvalue weighted by molar-refractivity contribution is 5.92. The van der Waals surface area contributed by atoms with Gasteiger partial charge in [-0.15, -0.1) is 0 Å². The van der Waals surface area contributed by atoms with Gasteiger partial charge in [0.25, 0.3) is 0 Å². The van der Waals surface area contributed by atoms with Gasteiger partial charge in [-0.05, 0) is 43.5 Å². The molecule has 2 aromatic carbocycles. The summed E-state index contributed by atoms with van der Waals surface area (Å²) in [4.78, 5) is 16.8. The lowest BCUT2D eigenvalue weighted by atomic mass is 9.96. The fraction of sp³-hybridized carbons (Fsp3) is 0.333. The van der Waals surface area contributed by atoms with Crippen LogP contribution >= 0.6 is 0 Å². The zero-order valence-electron chi connectivity index (χ0n) is 14.9. The summed E-state index contributed by atoms with van der Waals surface area (Å²) in [5.41, 5.74) is 4.25. The highest BCUT2D eigenvalue weighted by atomic mass is 16.3. The second kappa shape index (κ2) is 7.20. The Morgan fingerprint density at radius 2 is 1.92 bits per heavy atom. The molecule has 3 aromatic rings. The van der Waals surface area contributed by atoms with Crippen LogP contribution in [0.15, 0.2) is 46.9 Å². The Balaban J connectivity index is 1.50. The molecular formula is C21H23N3O2. The number of urea groups is 1. The molecule has 26 heavy (non-hydrogen) atoms. The minimum atomic E-state index is -0.158. The van der Waals surface area contributed by atoms with E-state index in [0.29, 0.717) is 17.2 Å². The van der Waals surface area contributed by atoms with Crippen molar-refractivity contribution in [1.82, 2.24) is 10.3 Å². The van der Waals surface area contributed by atoms with Gasteiger partial charge in [0.1, 0.15) is 5.52 Å². The molecule has 2 N–H and O–H groups in total. The number of aryl methyl sites for hydroxylation is 1. The predicted molar refractivity (Wildman–Crippen MR) is 103 cm³/mol. The van der Waals surface area contributed by atoms with E-state index in [1.54, 1.807) is 0 Å². The van der Waals surface area contributed by atoms with Crippen molar-refractivity contribution in [1.29, 1.82) is 0 Å². The van der Waals surface area contributed by atoms with E-state index in [0.717, 1.165) is 29.5 Å². The number of hydrogen-bond donors (Lipinski definition) is 2. The molecule has 0 radical (unpaired) electrons. The van der Waals surface area contributed by atoms with Crippen LogP contribution in [-0.2, 0) is 0 Å². The van der Waals surface area contributed by atoms with E-state index in [1.165, 1.54) is 19.3 Å². The lowest BCUT2D eigenvalue weighted by Gasteiger charge is -2.22. The summed E-state index contributed by atoms with van der Waals surface area (Å²) in [7, 11) is 0. The molecule has 0 unspecified atom stereocenters. The van der Waals surface area contributed by atoms with Crippen LogP contribution in [-0.4, -0.2) is 17.1 Å². The summed E-state index contributed by atoms with van der Waals surface area (Å²) in [6, 6.07) is 13.7. The van der Waals surface area contributed by atoms with Crippen molar-refractivity contribution in [2.45, 2.75) is 45.1 Å². The third kappa shape index (κ3) is 3.57. The largest absolute Gasteiger partial charge is 0.436 e. The van der Waals surface area contributed by atoms with Gasteiger partial charge in [0.15, 0.2) is 5.58 Å². The van der Waals surface area contributed by atoms with Crippen molar-refractivity contribution in [3.8, 4) is 11.5 Å². The number of rotatable bonds is 3. The zero-order chi connectivity index (χ0) is 17.9. The maximum absolute atomic E-state index is 12.2. The highest BCUT2D eigenvalue weighted by Gasteiger charge is 2.16. The number of anilines is 1. The molecule has 1 fully saturated rings. The minimum absolute atomic E-state index is 0.158. The monoisotopic (exact) mass is 349 g/mol. The molecule has 134 valence electrons. The van der Waals surface area contributed by atoms with Gasteiger partial charge in [0.05, 0.1) is 0 Å². The fourth-order valence-corrected chi connectivity index (χ4v) is 3.53. The lowest BCUT2D eigenvalue weighted by Crippen LogP contribution is -2.38. The van der Waals surface area contributed by atoms with Gasteiger partial charge in [-0.1, -0.05) is 37.5 Å². The summed E-state index contributed by atoms with van der Waals surface area (Å²) < 4.78 is 5.92. The van der Waals surface area contributed by atoms with Crippen LogP contribution in [0, 0.1) is 6.92 Å². The van der Waals surface area contributed by atoms with Gasteiger partial charge < -0.3 is 15.1 Å². The molecule has 5 nitrogen and oxygen atoms in total. The number of aromatic nitrogens is 1. The van der Waals surface area contributed by atoms with Gasteiger partial charge >= 0.3 is 6.03 Å². The van der Waals surface area contributed by atoms with E-state index >= 15 is 0 Å². The molecule has 1 saturated carbocycles. The van der Waals surface area contributed by atoms with Gasteiger partial charge in [-0.2, -0.15) is 0 Å². The number of nitrogens with one attached hydrogen (secondary N) is 2. The Morgan fingerprint density at radius 3 is 2.73 bits per heavy atom. The summed E-state index contributed by atoms with van der Waals surface area (Å²) in [5.74, 6) is 0.599. The van der Waals surface area contributed by atoms with Crippen molar-refractivity contribution in [2.24, 2.45) is 0 Å². The van der Waals surface area contributed by atoms with Crippen LogP contribution < -0.4 is 10.6 Å². The van der Waals surface area contributed by atoms with Crippen molar-refractivity contribution in [3.05, 3.63) is 48.0 Å². The summed E-state index contributed by atoms with van der Waals surface area (Å²) >= 11 is 0. The maximum atomic E-state index is 12.2. The molecule has 1 aliphatic rings. The SMILES string of the molecule is Cc1ccccc1-c1nc2ccc(NC(=O)NC3CCCCC3)cc2o1. The molecule has 0 atom stereocenters. The Kier molecular flexibility index (Phi) is 4.61. The Bertz CT molecular complexity index is 926. The first-order chi connectivity index (χ1) is 12.7. The second-order valence-electron chi connectivity index (χ2n) is 6.95. The number of benzene rings is 2. The van der Waals surface area contributed by atoms with E-state index in [1.807, 2.05) is 49.4 Å². The topological polar surface area (TPSA) is 67.2 Å². The second-order valence-corrected chi connectivity index (χ2v) is 6.95. The van der Waals surface area contributed by atoms with Crippen molar-refractivity contribution >= 4 is 22.8 Å². The van der Waals surface area contributed by atoms with E-state index in [4.69, 9.17) is 4.42 Å². The zero-order valence-corrected chi connectivity index (χ0v) is 14.9. The number of amides is 2. The van der Waals surface area contributed by atoms with E-state index < -0.39 is 0 Å². The molecule has 4 rings (SSSR count). The van der Waals surface area contributed by atoms with Crippen LogP contribution in [0.5, 0.6) is 0 Å². The normalized spacial score (nSPS) is 15.1. The van der Waals surface area contributed by atoms with Gasteiger partial charge in [0, 0.05) is 23.4 Å². The van der Waals surface area contributed by atoms with Crippen LogP contribution in [0.2, 0.25) is 0 Å². The summed E-state index contributed by atoms with van der Waals surface area (Å²) in [6.07, 6.45) is 5.78. The van der Waals surface area contributed by atoms with Crippen LogP contribution in [0.25, 0.3) is 22.6 Å². The number of fused-ring (bicyclic) bond motifs is 1. The molecule has 1 aliphatic carbocycles. The summed E-state index contributed by atoms with van der Waals surface area (Å²) in [6.45, 7) is 2.03. The molecule has 2 amide bonds. The van der Waals surface area contributed by atoms with Crippen LogP contribution in [0.1, 0.15) is 37.7 Å². The molecule has 0 spiro atoms. The molecular weight excluding hydrogens is 326 g/mol. The lowest BCUT2D eigenvalue weighted by molar-refractivity contribution is 0.244. The van der Waals surface area contributed by atoms with E-state index in [-0.39, 0.29) is 12.1 Å². The average molecular weight is 349 g/mol. The molecule has 1 heterocycles. The van der Waals surface area contributed by atoms with Crippen molar-refractivity contribution in [3.63, 3.8) is 0 Å². The van der Waals surface area contributed by atoms with E-state index in [2.05, 4.69) is 15.6 Å². The molecule has 1 aromatic heterocycles. The third-order valence-electron chi connectivity index (χ3n) is 4.96. The number of carbonyl (C=O) groups excluding carboxylic acids is 1. The quantitative estimate of drug-likeness (QED) is 0.678. The first kappa shape index (κ1) is 16.6. The molecule has 0 saturated heterocycles. The number of hydrogen-bond acceptors (Lipinski definition) is 3. The number of oxazole rings is 1. The first-order valence-corrected chi connectivity index (χ1v) is 9.23. The number of carbonyl (C=O) groups is 1. The number of nitrogens with zero attached hydrogens (tertiary/aromatic N) is 1. The van der Waals surface area contributed by atoms with Crippen LogP contribution in [0.3, 0.4) is 0 Å². The molecule has 0 bridgehead atoms. The highest BCUT2D eigenvalue weighted by Crippen LogP contribution is 2.28. The van der Waals surface area contributed by atoms with Gasteiger partial charge in [0.2, 0.25) is 5.89 Å². The standard InChI is InChI=1S/C21H23N3O2/c1-14-7-5-6-10-17(14)20-24-18-12-11-16(13-19(18)26-20)23-21(25)22-15-8-3-2-4-9-15/h5-7,10-13,15H,2-4,8-9H2,1H3,(H2,22,23,25). The smallest absolute Gasteiger partial charge is 0.319 e. The fourth-order valence-electron chi connectivity index (χ4n) is 3.53. The van der Waals surface area contributed by atoms with Gasteiger partial charge in [-0.25, -0.2) is 9.78 Å². The molecule has 5 heteroatoms. The van der Waals surface area contributed by atoms with Crippen molar-refractivity contribution in [2.75, 3.05) is 5.32 Å². The summed E-state index contributed by atoms with van der Waals surface area (Å²) in [5, 5.41) is 5.96. The first-order valence-electron chi connectivity index (χ1n) is 9.23. The average Bonchev–Trinajstić information content (AvgIpc) is 3.06.